The van der Waals surface area contributed by atoms with Gasteiger partial charge in [0.2, 0.25) is 5.91 Å². The van der Waals surface area contributed by atoms with Crippen LogP contribution in [0.5, 0.6) is 0 Å². The second-order valence-corrected chi connectivity index (χ2v) is 9.27. The van der Waals surface area contributed by atoms with E-state index in [9.17, 15) is 4.79 Å². The summed E-state index contributed by atoms with van der Waals surface area (Å²) in [7, 11) is 1.84. The Bertz CT molecular complexity index is 710. The van der Waals surface area contributed by atoms with E-state index in [1.165, 1.54) is 64.5 Å². The third-order valence-corrected chi connectivity index (χ3v) is 6.97. The van der Waals surface area contributed by atoms with Crippen molar-refractivity contribution in [2.24, 2.45) is 4.99 Å². The van der Waals surface area contributed by atoms with Crippen LogP contribution in [0.3, 0.4) is 0 Å². The first-order chi connectivity index (χ1) is 15.6. The second-order valence-electron chi connectivity index (χ2n) is 9.27. The Morgan fingerprint density at radius 2 is 1.88 bits per heavy atom. The number of carbonyl (C=O) groups excluding carboxylic acids is 1. The Morgan fingerprint density at radius 1 is 1.12 bits per heavy atom. The average molecular weight is 443 g/mol. The summed E-state index contributed by atoms with van der Waals surface area (Å²) in [5, 5.41) is 6.93. The van der Waals surface area contributed by atoms with Gasteiger partial charge in [-0.1, -0.05) is 31.7 Å². The fourth-order valence-corrected chi connectivity index (χ4v) is 4.99. The summed E-state index contributed by atoms with van der Waals surface area (Å²) in [6.07, 6.45) is 13.0. The third-order valence-electron chi connectivity index (χ3n) is 6.97. The molecule has 0 atom stereocenters. The highest BCUT2D eigenvalue weighted by molar-refractivity contribution is 5.84. The normalized spacial score (nSPS) is 19.4. The van der Waals surface area contributed by atoms with Crippen molar-refractivity contribution in [3.63, 3.8) is 0 Å². The molecule has 0 radical (unpaired) electrons. The van der Waals surface area contributed by atoms with E-state index < -0.39 is 0 Å². The molecule has 2 aliphatic rings. The van der Waals surface area contributed by atoms with Gasteiger partial charge >= 0.3 is 0 Å². The van der Waals surface area contributed by atoms with E-state index in [-0.39, 0.29) is 18.0 Å². The fourth-order valence-electron chi connectivity index (χ4n) is 4.99. The van der Waals surface area contributed by atoms with Crippen LogP contribution >= 0.6 is 0 Å². The number of rotatable bonds is 9. The van der Waals surface area contributed by atoms with E-state index in [1.807, 2.05) is 25.2 Å². The van der Waals surface area contributed by atoms with Crippen molar-refractivity contribution in [1.29, 1.82) is 0 Å². The molecule has 7 heteroatoms. The molecule has 3 rings (SSSR count). The van der Waals surface area contributed by atoms with Gasteiger partial charge in [-0.15, -0.1) is 0 Å². The summed E-state index contributed by atoms with van der Waals surface area (Å²) in [5.74, 6) is 0.780. The topological polar surface area (TPSA) is 72.9 Å². The van der Waals surface area contributed by atoms with Gasteiger partial charge in [-0.05, 0) is 57.8 Å². The highest BCUT2D eigenvalue weighted by Crippen LogP contribution is 2.35. The number of guanidine groups is 1. The second kappa shape index (κ2) is 12.8. The average Bonchev–Trinajstić information content (AvgIpc) is 2.85. The lowest BCUT2D eigenvalue weighted by Gasteiger charge is -2.48. The van der Waals surface area contributed by atoms with Crippen LogP contribution in [0.25, 0.3) is 0 Å². The quantitative estimate of drug-likeness (QED) is 0.454. The van der Waals surface area contributed by atoms with Gasteiger partial charge in [-0.3, -0.25) is 14.7 Å². The minimum absolute atomic E-state index is 0.0292. The molecule has 0 unspecified atom stereocenters. The van der Waals surface area contributed by atoms with Crippen molar-refractivity contribution in [2.45, 2.75) is 70.3 Å². The number of pyridine rings is 1. The Hall–Kier alpha value is -2.15. The van der Waals surface area contributed by atoms with Gasteiger partial charge in [-0.2, -0.15) is 0 Å². The Labute approximate surface area is 194 Å². The zero-order valence-electron chi connectivity index (χ0n) is 20.1. The van der Waals surface area contributed by atoms with Crippen molar-refractivity contribution in [1.82, 2.24) is 25.4 Å². The summed E-state index contributed by atoms with van der Waals surface area (Å²) >= 11 is 0. The maximum Gasteiger partial charge on any atom is 0.244 e. The van der Waals surface area contributed by atoms with Gasteiger partial charge < -0.3 is 15.5 Å². The predicted molar refractivity (Wildman–Crippen MR) is 131 cm³/mol. The van der Waals surface area contributed by atoms with Gasteiger partial charge in [0, 0.05) is 50.5 Å². The predicted octanol–water partition coefficient (Wildman–Crippen LogP) is 2.83. The van der Waals surface area contributed by atoms with E-state index in [1.54, 1.807) is 11.1 Å². The largest absolute Gasteiger partial charge is 0.357 e. The zero-order chi connectivity index (χ0) is 22.7. The number of likely N-dealkylation sites (N-methyl/N-ethyl adjacent to an activating group) is 1. The van der Waals surface area contributed by atoms with E-state index in [4.69, 9.17) is 0 Å². The lowest BCUT2D eigenvalue weighted by atomic mass is 9.79. The molecule has 7 nitrogen and oxygen atoms in total. The van der Waals surface area contributed by atoms with Gasteiger partial charge in [-0.25, -0.2) is 4.99 Å². The smallest absolute Gasteiger partial charge is 0.244 e. The highest BCUT2D eigenvalue weighted by Gasteiger charge is 2.38. The third kappa shape index (κ3) is 7.19. The first-order valence-electron chi connectivity index (χ1n) is 12.5. The van der Waals surface area contributed by atoms with Crippen molar-refractivity contribution >= 4 is 11.9 Å². The molecule has 1 aromatic heterocycles. The first-order valence-corrected chi connectivity index (χ1v) is 12.5. The fraction of sp³-hybridized carbons (Fsp3) is 0.720. The number of nitrogens with zero attached hydrogens (tertiary/aromatic N) is 4. The lowest BCUT2D eigenvalue weighted by Crippen LogP contribution is -2.59. The highest BCUT2D eigenvalue weighted by atomic mass is 16.2. The van der Waals surface area contributed by atoms with Crippen LogP contribution in [0.1, 0.15) is 64.0 Å². The molecule has 0 aromatic carbocycles. The van der Waals surface area contributed by atoms with E-state index in [0.717, 1.165) is 31.2 Å². The summed E-state index contributed by atoms with van der Waals surface area (Å²) in [6.45, 7) is 7.00. The molecule has 1 aliphatic carbocycles. The molecule has 1 amide bonds. The molecule has 178 valence electrons. The summed E-state index contributed by atoms with van der Waals surface area (Å²) in [4.78, 5) is 26.1. The van der Waals surface area contributed by atoms with Crippen LogP contribution in [0, 0.1) is 0 Å². The van der Waals surface area contributed by atoms with Crippen LogP contribution in [0.2, 0.25) is 0 Å². The molecule has 0 spiro atoms. The van der Waals surface area contributed by atoms with Crippen molar-refractivity contribution < 1.29 is 4.79 Å². The molecule has 1 saturated carbocycles. The Morgan fingerprint density at radius 3 is 2.56 bits per heavy atom. The number of amides is 1. The standard InChI is InChI=1S/C25H42N6O/c1-3-26-24(28-20-23(32)30(2)19-13-22-12-6-9-16-27-22)29-21-25(14-7-4-8-15-25)31-17-10-5-11-18-31/h6,9,12,16H,3-5,7-8,10-11,13-15,17-21H2,1-2H3,(H2,26,28,29). The number of hydrogen-bond donors (Lipinski definition) is 2. The van der Waals surface area contributed by atoms with E-state index in [0.29, 0.717) is 6.54 Å². The molecule has 2 fully saturated rings. The molecular weight excluding hydrogens is 400 g/mol. The van der Waals surface area contributed by atoms with Crippen molar-refractivity contribution in [3.8, 4) is 0 Å². The van der Waals surface area contributed by atoms with Gasteiger partial charge in [0.25, 0.3) is 0 Å². The summed E-state index contributed by atoms with van der Waals surface area (Å²) in [6, 6.07) is 5.88. The molecule has 0 bridgehead atoms. The number of nitrogens with one attached hydrogen (secondary N) is 2. The number of aromatic nitrogens is 1. The number of aliphatic imine (C=N–C) groups is 1. The molecule has 2 N–H and O–H groups in total. The molecule has 2 heterocycles. The lowest BCUT2D eigenvalue weighted by molar-refractivity contribution is -0.128. The monoisotopic (exact) mass is 442 g/mol. The van der Waals surface area contributed by atoms with Crippen molar-refractivity contribution in [3.05, 3.63) is 30.1 Å². The molecule has 32 heavy (non-hydrogen) atoms. The van der Waals surface area contributed by atoms with Crippen LogP contribution in [-0.2, 0) is 11.2 Å². The van der Waals surface area contributed by atoms with Crippen LogP contribution in [0.4, 0.5) is 0 Å². The maximum atomic E-state index is 12.6. The minimum atomic E-state index is 0.0292. The summed E-state index contributed by atoms with van der Waals surface area (Å²) < 4.78 is 0. The van der Waals surface area contributed by atoms with E-state index in [2.05, 4.69) is 32.4 Å². The molecule has 1 saturated heterocycles. The molecule has 1 aromatic rings. The number of likely N-dealkylation sites (tertiary alicyclic amines) is 1. The Balaban J connectivity index is 1.54. The van der Waals surface area contributed by atoms with Crippen LogP contribution in [-0.4, -0.2) is 78.5 Å². The summed E-state index contributed by atoms with van der Waals surface area (Å²) in [5.41, 5.74) is 1.24. The van der Waals surface area contributed by atoms with Gasteiger partial charge in [0.1, 0.15) is 6.54 Å². The van der Waals surface area contributed by atoms with Crippen LogP contribution < -0.4 is 10.6 Å². The Kier molecular flexibility index (Phi) is 9.78. The molecular formula is C25H42N6O. The number of carbonyl (C=O) groups is 1. The van der Waals surface area contributed by atoms with E-state index >= 15 is 0 Å². The first kappa shape index (κ1) is 24.5. The van der Waals surface area contributed by atoms with Crippen LogP contribution in [0.15, 0.2) is 29.4 Å². The van der Waals surface area contributed by atoms with Gasteiger partial charge in [0.15, 0.2) is 5.96 Å². The number of hydrogen-bond acceptors (Lipinski definition) is 4. The van der Waals surface area contributed by atoms with Crippen molar-refractivity contribution in [2.75, 3.05) is 46.3 Å². The maximum absolute atomic E-state index is 12.6. The zero-order valence-corrected chi connectivity index (χ0v) is 20.1. The SMILES string of the molecule is CCNC(=NCC(=O)N(C)CCc1ccccn1)NCC1(N2CCCCC2)CCCCC1. The molecule has 1 aliphatic heterocycles. The minimum Gasteiger partial charge on any atom is -0.357 e. The van der Waals surface area contributed by atoms with Gasteiger partial charge in [0.05, 0.1) is 0 Å². The number of piperidine rings is 1.